The van der Waals surface area contributed by atoms with Gasteiger partial charge in [0.25, 0.3) is 0 Å². The highest BCUT2D eigenvalue weighted by atomic mass is 32.2. The van der Waals surface area contributed by atoms with Gasteiger partial charge in [0.15, 0.2) is 0 Å². The van der Waals surface area contributed by atoms with Gasteiger partial charge in [0.2, 0.25) is 16.4 Å². The van der Waals surface area contributed by atoms with Crippen molar-refractivity contribution in [3.05, 3.63) is 29.8 Å². The smallest absolute Gasteiger partial charge is 0.243 e. The number of sulfonamides is 1. The molecule has 0 aliphatic carbocycles. The summed E-state index contributed by atoms with van der Waals surface area (Å²) < 4.78 is 27.8. The lowest BCUT2D eigenvalue weighted by atomic mass is 9.85. The lowest BCUT2D eigenvalue weighted by molar-refractivity contribution is -0.119. The van der Waals surface area contributed by atoms with Gasteiger partial charge in [-0.3, -0.25) is 9.69 Å². The molecule has 0 bridgehead atoms. The molecule has 2 aliphatic rings. The van der Waals surface area contributed by atoms with Crippen LogP contribution in [0.4, 0.5) is 0 Å². The van der Waals surface area contributed by atoms with Gasteiger partial charge in [-0.15, -0.1) is 0 Å². The van der Waals surface area contributed by atoms with E-state index in [9.17, 15) is 13.2 Å². The van der Waals surface area contributed by atoms with E-state index in [1.807, 2.05) is 18.2 Å². The highest BCUT2D eigenvalue weighted by Gasteiger charge is 2.34. The number of piperidine rings is 1. The minimum Gasteiger partial charge on any atom is -0.343 e. The highest BCUT2D eigenvalue weighted by molar-refractivity contribution is 7.89. The Morgan fingerprint density at radius 2 is 1.85 bits per heavy atom. The number of nitrogens with zero attached hydrogens (tertiary/aromatic N) is 3. The second-order valence-corrected chi connectivity index (χ2v) is 10.1. The Kier molecular flexibility index (Phi) is 5.69. The number of amides is 1. The van der Waals surface area contributed by atoms with Crippen LogP contribution in [0.5, 0.6) is 0 Å². The third-order valence-corrected chi connectivity index (χ3v) is 7.20. The number of benzene rings is 1. The molecule has 2 aliphatic heterocycles. The van der Waals surface area contributed by atoms with Crippen molar-refractivity contribution in [3.63, 3.8) is 0 Å². The van der Waals surface area contributed by atoms with Crippen LogP contribution in [0.2, 0.25) is 0 Å². The molecular formula is C19H29N3O3S. The van der Waals surface area contributed by atoms with Crippen molar-refractivity contribution in [3.8, 4) is 0 Å². The molecule has 1 amide bonds. The molecule has 1 aromatic carbocycles. The molecule has 0 aromatic heterocycles. The van der Waals surface area contributed by atoms with E-state index in [0.29, 0.717) is 24.5 Å². The maximum atomic E-state index is 13.1. The second kappa shape index (κ2) is 7.66. The molecule has 7 heteroatoms. The Hall–Kier alpha value is -1.44. The van der Waals surface area contributed by atoms with E-state index in [-0.39, 0.29) is 5.41 Å². The van der Waals surface area contributed by atoms with Gasteiger partial charge in [-0.25, -0.2) is 8.42 Å². The normalized spacial score (nSPS) is 22.3. The van der Waals surface area contributed by atoms with E-state index < -0.39 is 10.0 Å². The molecule has 0 atom stereocenters. The van der Waals surface area contributed by atoms with Crippen LogP contribution in [0.3, 0.4) is 0 Å². The Bertz CT molecular complexity index is 740. The van der Waals surface area contributed by atoms with Crippen LogP contribution in [-0.4, -0.2) is 68.2 Å². The number of rotatable bonds is 5. The van der Waals surface area contributed by atoms with Crippen LogP contribution < -0.4 is 0 Å². The molecule has 2 fully saturated rings. The minimum absolute atomic E-state index is 0.0290. The van der Waals surface area contributed by atoms with E-state index in [1.54, 1.807) is 15.3 Å². The van der Waals surface area contributed by atoms with Crippen LogP contribution in [0.15, 0.2) is 29.2 Å². The first kappa shape index (κ1) is 19.3. The minimum atomic E-state index is -3.45. The molecule has 6 nitrogen and oxygen atoms in total. The van der Waals surface area contributed by atoms with Crippen LogP contribution in [0.1, 0.15) is 32.3 Å². The first-order chi connectivity index (χ1) is 12.3. The van der Waals surface area contributed by atoms with Crippen LogP contribution in [-0.2, 0) is 21.4 Å². The predicted molar refractivity (Wildman–Crippen MR) is 101 cm³/mol. The van der Waals surface area contributed by atoms with E-state index in [2.05, 4.69) is 18.7 Å². The first-order valence-corrected chi connectivity index (χ1v) is 10.7. The van der Waals surface area contributed by atoms with Crippen LogP contribution in [0.25, 0.3) is 0 Å². The predicted octanol–water partition coefficient (Wildman–Crippen LogP) is 1.77. The fraction of sp³-hybridized carbons (Fsp3) is 0.632. The standard InChI is InChI=1S/C19H29N3O3S/c1-19(2)7-4-8-22(15-19)26(24,25)18-6-3-5-17(13-18)14-20-9-11-21(16-23)12-10-20/h3,5-6,13,16H,4,7-12,14-15H2,1-2H3. The molecule has 144 valence electrons. The van der Waals surface area contributed by atoms with Gasteiger partial charge in [-0.2, -0.15) is 4.31 Å². The maximum absolute atomic E-state index is 13.1. The monoisotopic (exact) mass is 379 g/mol. The lowest BCUT2D eigenvalue weighted by Gasteiger charge is -2.37. The molecule has 26 heavy (non-hydrogen) atoms. The molecule has 0 N–H and O–H groups in total. The summed E-state index contributed by atoms with van der Waals surface area (Å²) in [5, 5.41) is 0. The third-order valence-electron chi connectivity index (χ3n) is 5.36. The van der Waals surface area contributed by atoms with Crippen molar-refractivity contribution >= 4 is 16.4 Å². The summed E-state index contributed by atoms with van der Waals surface area (Å²) in [5.74, 6) is 0. The lowest BCUT2D eigenvalue weighted by Crippen LogP contribution is -2.45. The van der Waals surface area contributed by atoms with Gasteiger partial charge in [0.1, 0.15) is 0 Å². The molecule has 0 saturated carbocycles. The Balaban J connectivity index is 1.71. The van der Waals surface area contributed by atoms with Crippen molar-refractivity contribution in [2.75, 3.05) is 39.3 Å². The zero-order valence-electron chi connectivity index (χ0n) is 15.7. The zero-order valence-corrected chi connectivity index (χ0v) is 16.5. The molecule has 0 spiro atoms. The largest absolute Gasteiger partial charge is 0.343 e. The fourth-order valence-corrected chi connectivity index (χ4v) is 5.55. The molecule has 1 aromatic rings. The van der Waals surface area contributed by atoms with E-state index in [4.69, 9.17) is 0 Å². The molecule has 2 saturated heterocycles. The molecule has 0 radical (unpaired) electrons. The Labute approximate surface area is 156 Å². The topological polar surface area (TPSA) is 60.9 Å². The summed E-state index contributed by atoms with van der Waals surface area (Å²) in [6.45, 7) is 9.23. The average molecular weight is 380 g/mol. The van der Waals surface area contributed by atoms with E-state index >= 15 is 0 Å². The van der Waals surface area contributed by atoms with E-state index in [1.165, 1.54) is 0 Å². The van der Waals surface area contributed by atoms with Crippen molar-refractivity contribution in [2.24, 2.45) is 5.41 Å². The zero-order chi connectivity index (χ0) is 18.8. The Morgan fingerprint density at radius 1 is 1.12 bits per heavy atom. The van der Waals surface area contributed by atoms with Crippen molar-refractivity contribution < 1.29 is 13.2 Å². The van der Waals surface area contributed by atoms with Crippen molar-refractivity contribution in [1.82, 2.24) is 14.1 Å². The van der Waals surface area contributed by atoms with Crippen molar-refractivity contribution in [1.29, 1.82) is 0 Å². The molecular weight excluding hydrogens is 350 g/mol. The van der Waals surface area contributed by atoms with Gasteiger partial charge < -0.3 is 4.90 Å². The number of hydrogen-bond donors (Lipinski definition) is 0. The summed E-state index contributed by atoms with van der Waals surface area (Å²) in [5.41, 5.74) is 1.03. The summed E-state index contributed by atoms with van der Waals surface area (Å²) >= 11 is 0. The highest BCUT2D eigenvalue weighted by Crippen LogP contribution is 2.32. The van der Waals surface area contributed by atoms with Gasteiger partial charge in [-0.1, -0.05) is 26.0 Å². The van der Waals surface area contributed by atoms with Crippen LogP contribution >= 0.6 is 0 Å². The maximum Gasteiger partial charge on any atom is 0.243 e. The van der Waals surface area contributed by atoms with Crippen molar-refractivity contribution in [2.45, 2.75) is 38.1 Å². The van der Waals surface area contributed by atoms with Gasteiger partial charge >= 0.3 is 0 Å². The summed E-state index contributed by atoms with van der Waals surface area (Å²) in [4.78, 5) is 15.2. The first-order valence-electron chi connectivity index (χ1n) is 9.31. The number of carbonyl (C=O) groups excluding carboxylic acids is 1. The number of piperazine rings is 1. The van der Waals surface area contributed by atoms with Gasteiger partial charge in [0, 0.05) is 45.8 Å². The van der Waals surface area contributed by atoms with Crippen LogP contribution in [0, 0.1) is 5.41 Å². The molecule has 3 rings (SSSR count). The summed E-state index contributed by atoms with van der Waals surface area (Å²) in [7, 11) is -3.45. The number of hydrogen-bond acceptors (Lipinski definition) is 4. The summed E-state index contributed by atoms with van der Waals surface area (Å²) in [6.07, 6.45) is 2.86. The molecule has 2 heterocycles. The Morgan fingerprint density at radius 3 is 2.50 bits per heavy atom. The molecule has 0 unspecified atom stereocenters. The third kappa shape index (κ3) is 4.45. The summed E-state index contributed by atoms with van der Waals surface area (Å²) in [6, 6.07) is 7.32. The SMILES string of the molecule is CC1(C)CCCN(S(=O)(=O)c2cccc(CN3CCN(C=O)CC3)c2)C1. The number of carbonyl (C=O) groups is 1. The van der Waals surface area contributed by atoms with Gasteiger partial charge in [0.05, 0.1) is 4.90 Å². The average Bonchev–Trinajstić information content (AvgIpc) is 2.62. The quantitative estimate of drug-likeness (QED) is 0.732. The van der Waals surface area contributed by atoms with E-state index in [0.717, 1.165) is 51.0 Å². The second-order valence-electron chi connectivity index (χ2n) is 8.17. The van der Waals surface area contributed by atoms with Gasteiger partial charge in [-0.05, 0) is 36.0 Å². The fourth-order valence-electron chi connectivity index (χ4n) is 3.81.